The number of anilines is 1. The summed E-state index contributed by atoms with van der Waals surface area (Å²) in [6, 6.07) is 8.64. The topological polar surface area (TPSA) is 155 Å². The first-order valence-corrected chi connectivity index (χ1v) is 8.78. The van der Waals surface area contributed by atoms with Gasteiger partial charge in [0.15, 0.2) is 0 Å². The maximum absolute atomic E-state index is 12.9. The lowest BCUT2D eigenvalue weighted by Gasteiger charge is -2.14. The van der Waals surface area contributed by atoms with Gasteiger partial charge in [-0.1, -0.05) is 18.2 Å². The van der Waals surface area contributed by atoms with E-state index in [1.807, 2.05) is 0 Å². The Kier molecular flexibility index (Phi) is 5.24. The third-order valence-electron chi connectivity index (χ3n) is 4.63. The van der Waals surface area contributed by atoms with Crippen LogP contribution in [0.3, 0.4) is 0 Å². The number of carbonyl (C=O) groups is 3. The van der Waals surface area contributed by atoms with E-state index in [9.17, 15) is 24.3 Å². The van der Waals surface area contributed by atoms with E-state index in [1.54, 1.807) is 37.3 Å². The van der Waals surface area contributed by atoms with Crippen molar-refractivity contribution in [1.82, 2.24) is 4.57 Å². The van der Waals surface area contributed by atoms with Crippen LogP contribution in [0.5, 0.6) is 5.88 Å². The van der Waals surface area contributed by atoms with E-state index in [0.29, 0.717) is 16.0 Å². The van der Waals surface area contributed by atoms with Crippen molar-refractivity contribution < 1.29 is 24.6 Å². The maximum atomic E-state index is 12.9. The fourth-order valence-corrected chi connectivity index (χ4v) is 3.16. The van der Waals surface area contributed by atoms with E-state index in [1.165, 1.54) is 18.0 Å². The van der Waals surface area contributed by atoms with Crippen LogP contribution < -0.4 is 16.3 Å². The summed E-state index contributed by atoms with van der Waals surface area (Å²) in [4.78, 5) is 48.7. The summed E-state index contributed by atoms with van der Waals surface area (Å²) < 4.78 is 0.517. The average molecular weight is 410 g/mol. The van der Waals surface area contributed by atoms with Gasteiger partial charge in [0.25, 0.3) is 17.4 Å². The smallest absolute Gasteiger partial charge is 0.323 e. The lowest BCUT2D eigenvalue weighted by atomic mass is 10.00. The molecule has 0 bridgehead atoms. The zero-order valence-corrected chi connectivity index (χ0v) is 16.1. The molecule has 0 aliphatic carbocycles. The van der Waals surface area contributed by atoms with Crippen molar-refractivity contribution in [3.8, 4) is 5.88 Å². The van der Waals surface area contributed by atoms with E-state index in [4.69, 9.17) is 10.8 Å². The number of nitrogens with two attached hydrogens (primary N) is 1. The molecule has 1 aromatic heterocycles. The summed E-state index contributed by atoms with van der Waals surface area (Å²) in [5.74, 6) is -3.80. The molecule has 0 radical (unpaired) electrons. The highest BCUT2D eigenvalue weighted by Gasteiger charge is 2.30. The molecule has 1 aliphatic heterocycles. The largest absolute Gasteiger partial charge is 0.494 e. The Morgan fingerprint density at radius 2 is 1.80 bits per heavy atom. The van der Waals surface area contributed by atoms with Crippen LogP contribution in [-0.2, 0) is 16.1 Å². The molecule has 1 aromatic carbocycles. The second-order valence-corrected chi connectivity index (χ2v) is 6.58. The van der Waals surface area contributed by atoms with Crippen molar-refractivity contribution in [2.75, 3.05) is 5.01 Å². The molecule has 154 valence electrons. The van der Waals surface area contributed by atoms with Crippen LogP contribution in [-0.4, -0.2) is 38.3 Å². The first kappa shape index (κ1) is 20.5. The van der Waals surface area contributed by atoms with E-state index >= 15 is 0 Å². The van der Waals surface area contributed by atoms with Crippen molar-refractivity contribution >= 4 is 35.3 Å². The number of pyridine rings is 1. The summed E-state index contributed by atoms with van der Waals surface area (Å²) in [5, 5.41) is 24.7. The van der Waals surface area contributed by atoms with Crippen LogP contribution in [0.25, 0.3) is 6.08 Å². The van der Waals surface area contributed by atoms with Gasteiger partial charge in [-0.05, 0) is 37.6 Å². The Labute approximate surface area is 170 Å². The van der Waals surface area contributed by atoms with E-state index in [2.05, 4.69) is 5.10 Å². The Morgan fingerprint density at radius 1 is 1.17 bits per heavy atom. The van der Waals surface area contributed by atoms with Gasteiger partial charge in [0.1, 0.15) is 12.1 Å². The monoisotopic (exact) mass is 410 g/mol. The molecule has 30 heavy (non-hydrogen) atoms. The molecule has 4 N–H and O–H groups in total. The maximum Gasteiger partial charge on any atom is 0.323 e. The van der Waals surface area contributed by atoms with Crippen LogP contribution in [0.15, 0.2) is 45.8 Å². The minimum absolute atomic E-state index is 0.0258. The number of benzene rings is 1. The van der Waals surface area contributed by atoms with Crippen LogP contribution in [0.2, 0.25) is 0 Å². The molecule has 2 heterocycles. The number of aliphatic carboxylic acids is 1. The number of amides is 2. The number of aromatic hydroxyl groups is 1. The summed E-state index contributed by atoms with van der Waals surface area (Å²) in [6.45, 7) is 2.06. The highest BCUT2D eigenvalue weighted by Crippen LogP contribution is 2.27. The number of primary amides is 1. The highest BCUT2D eigenvalue weighted by atomic mass is 16.4. The standard InChI is InChI=1S/C20H18N4O6/c1-10-13(18(28)23(9-15(25)26)20(30)16(10)17(21)27)8-14-11(2)22-24(19(14)29)12-6-4-3-5-7-12/h3-8,30H,9H2,1-2H3,(H2,21,27)(H,25,26)/b14-8-. The molecule has 2 aromatic rings. The SMILES string of the molecule is CC1=NN(c2ccccc2)C(=O)/C1=C\c1c(C)c(C(N)=O)c(O)n(CC(=O)O)c1=O. The number of hydrogen-bond donors (Lipinski definition) is 3. The van der Waals surface area contributed by atoms with Gasteiger partial charge < -0.3 is 15.9 Å². The molecule has 0 fully saturated rings. The molecule has 3 rings (SSSR count). The van der Waals surface area contributed by atoms with Crippen molar-refractivity contribution in [2.24, 2.45) is 10.8 Å². The molecule has 2 amide bonds. The summed E-state index contributed by atoms with van der Waals surface area (Å²) in [7, 11) is 0. The van der Waals surface area contributed by atoms with Gasteiger partial charge in [-0.25, -0.2) is 0 Å². The zero-order valence-electron chi connectivity index (χ0n) is 16.1. The molecule has 0 saturated carbocycles. The number of hydrogen-bond acceptors (Lipinski definition) is 6. The molecule has 0 saturated heterocycles. The number of hydrazone groups is 1. The van der Waals surface area contributed by atoms with E-state index in [0.717, 1.165) is 0 Å². The number of nitrogens with zero attached hydrogens (tertiary/aromatic N) is 3. The Bertz CT molecular complexity index is 1190. The average Bonchev–Trinajstić information content (AvgIpc) is 2.96. The molecular formula is C20H18N4O6. The summed E-state index contributed by atoms with van der Waals surface area (Å²) in [5.41, 5.74) is 4.84. The van der Waals surface area contributed by atoms with Gasteiger partial charge in [0.05, 0.1) is 17.0 Å². The van der Waals surface area contributed by atoms with Crippen LogP contribution in [0.1, 0.15) is 28.4 Å². The molecular weight excluding hydrogens is 392 g/mol. The number of para-hydroxylation sites is 1. The van der Waals surface area contributed by atoms with Crippen molar-refractivity contribution in [3.63, 3.8) is 0 Å². The van der Waals surface area contributed by atoms with Crippen molar-refractivity contribution in [3.05, 3.63) is 62.9 Å². The minimum Gasteiger partial charge on any atom is -0.494 e. The molecule has 0 unspecified atom stereocenters. The van der Waals surface area contributed by atoms with Gasteiger partial charge in [-0.15, -0.1) is 0 Å². The van der Waals surface area contributed by atoms with Crippen molar-refractivity contribution in [1.29, 1.82) is 0 Å². The van der Waals surface area contributed by atoms with Gasteiger partial charge in [-0.2, -0.15) is 10.1 Å². The molecule has 10 heteroatoms. The normalized spacial score (nSPS) is 14.9. The molecule has 10 nitrogen and oxygen atoms in total. The summed E-state index contributed by atoms with van der Waals surface area (Å²) >= 11 is 0. The Hall–Kier alpha value is -4.21. The first-order valence-electron chi connectivity index (χ1n) is 8.78. The number of rotatable bonds is 5. The van der Waals surface area contributed by atoms with Crippen molar-refractivity contribution in [2.45, 2.75) is 20.4 Å². The first-order chi connectivity index (χ1) is 14.1. The zero-order chi connectivity index (χ0) is 22.2. The van der Waals surface area contributed by atoms with Crippen LogP contribution in [0, 0.1) is 6.92 Å². The predicted molar refractivity (Wildman–Crippen MR) is 108 cm³/mol. The number of aromatic nitrogens is 1. The fraction of sp³-hybridized carbons (Fsp3) is 0.150. The fourth-order valence-electron chi connectivity index (χ4n) is 3.16. The lowest BCUT2D eigenvalue weighted by Crippen LogP contribution is -2.30. The third-order valence-corrected chi connectivity index (χ3v) is 4.63. The number of carboxylic acid groups (broad SMARTS) is 1. The molecule has 1 aliphatic rings. The van der Waals surface area contributed by atoms with Crippen LogP contribution >= 0.6 is 0 Å². The van der Waals surface area contributed by atoms with Gasteiger partial charge in [0.2, 0.25) is 5.88 Å². The Balaban J connectivity index is 2.20. The second-order valence-electron chi connectivity index (χ2n) is 6.58. The quantitative estimate of drug-likeness (QED) is 0.621. The number of carboxylic acids is 1. The van der Waals surface area contributed by atoms with Gasteiger partial charge in [-0.3, -0.25) is 23.7 Å². The minimum atomic E-state index is -1.41. The van der Waals surface area contributed by atoms with E-state index in [-0.39, 0.29) is 16.7 Å². The van der Waals surface area contributed by atoms with E-state index < -0.39 is 41.3 Å². The summed E-state index contributed by atoms with van der Waals surface area (Å²) in [6.07, 6.45) is 1.23. The Morgan fingerprint density at radius 3 is 2.37 bits per heavy atom. The number of carbonyl (C=O) groups excluding carboxylic acids is 2. The molecule has 0 spiro atoms. The predicted octanol–water partition coefficient (Wildman–Crippen LogP) is 0.852. The second kappa shape index (κ2) is 7.66. The van der Waals surface area contributed by atoms with Crippen LogP contribution in [0.4, 0.5) is 5.69 Å². The van der Waals surface area contributed by atoms with Gasteiger partial charge >= 0.3 is 5.97 Å². The lowest BCUT2D eigenvalue weighted by molar-refractivity contribution is -0.137. The highest BCUT2D eigenvalue weighted by molar-refractivity contribution is 6.32. The molecule has 0 atom stereocenters. The van der Waals surface area contributed by atoms with Gasteiger partial charge in [0, 0.05) is 5.56 Å². The third kappa shape index (κ3) is 3.46.